The molecule has 1 aromatic rings. The van der Waals surface area contributed by atoms with Crippen LogP contribution >= 0.6 is 0 Å². The normalized spacial score (nSPS) is 29.5. The maximum absolute atomic E-state index is 13.1. The second-order valence-corrected chi connectivity index (χ2v) is 6.63. The number of ketones is 1. The predicted molar refractivity (Wildman–Crippen MR) is 87.6 cm³/mol. The van der Waals surface area contributed by atoms with Gasteiger partial charge in [0, 0.05) is 25.0 Å². The van der Waals surface area contributed by atoms with E-state index in [0.717, 1.165) is 18.4 Å². The van der Waals surface area contributed by atoms with E-state index in [2.05, 4.69) is 11.5 Å². The lowest BCUT2D eigenvalue weighted by atomic mass is 9.70. The van der Waals surface area contributed by atoms with Crippen molar-refractivity contribution < 1.29 is 18.7 Å². The van der Waals surface area contributed by atoms with Crippen LogP contribution in [-0.2, 0) is 20.9 Å². The van der Waals surface area contributed by atoms with E-state index in [9.17, 15) is 14.0 Å². The van der Waals surface area contributed by atoms with Crippen LogP contribution in [0.3, 0.4) is 0 Å². The summed E-state index contributed by atoms with van der Waals surface area (Å²) in [6.45, 7) is 4.33. The molecular formula is C19H22FNO3. The molecule has 0 spiro atoms. The summed E-state index contributed by atoms with van der Waals surface area (Å²) in [5.74, 6) is -0.787. The maximum Gasteiger partial charge on any atom is 0.321 e. The van der Waals surface area contributed by atoms with Gasteiger partial charge in [-0.2, -0.15) is 0 Å². The Morgan fingerprint density at radius 2 is 2.12 bits per heavy atom. The Bertz CT molecular complexity index is 657. The van der Waals surface area contributed by atoms with Gasteiger partial charge in [-0.25, -0.2) is 4.39 Å². The van der Waals surface area contributed by atoms with Gasteiger partial charge < -0.3 is 4.74 Å². The van der Waals surface area contributed by atoms with Gasteiger partial charge in [0.2, 0.25) is 0 Å². The van der Waals surface area contributed by atoms with Gasteiger partial charge in [0.1, 0.15) is 11.2 Å². The zero-order chi connectivity index (χ0) is 17.3. The molecule has 0 amide bonds. The second kappa shape index (κ2) is 6.48. The lowest BCUT2D eigenvalue weighted by molar-refractivity contribution is -0.166. The first kappa shape index (κ1) is 16.8. The Labute approximate surface area is 141 Å². The average Bonchev–Trinajstić information content (AvgIpc) is 2.89. The topological polar surface area (TPSA) is 46.6 Å². The van der Waals surface area contributed by atoms with Crippen molar-refractivity contribution in [2.45, 2.75) is 44.3 Å². The number of hydrogen-bond acceptors (Lipinski definition) is 4. The molecule has 24 heavy (non-hydrogen) atoms. The predicted octanol–water partition coefficient (Wildman–Crippen LogP) is 2.87. The third-order valence-electron chi connectivity index (χ3n) is 5.42. The van der Waals surface area contributed by atoms with Crippen LogP contribution in [0.4, 0.5) is 4.39 Å². The standard InChI is InChI=1S/C19H22FNO3/c1-3-10-19(18(23)24-2)16-9-8-15(11-17(19)22)21(16)12-13-4-6-14(20)7-5-13/h3-7,15-16H,1,8-12H2,2H3. The highest BCUT2D eigenvalue weighted by Gasteiger charge is 2.60. The van der Waals surface area contributed by atoms with Gasteiger partial charge in [0.15, 0.2) is 5.78 Å². The quantitative estimate of drug-likeness (QED) is 0.473. The average molecular weight is 331 g/mol. The molecule has 1 aromatic carbocycles. The van der Waals surface area contributed by atoms with E-state index >= 15 is 0 Å². The Morgan fingerprint density at radius 1 is 1.42 bits per heavy atom. The van der Waals surface area contributed by atoms with Crippen molar-refractivity contribution in [3.8, 4) is 0 Å². The summed E-state index contributed by atoms with van der Waals surface area (Å²) >= 11 is 0. The van der Waals surface area contributed by atoms with E-state index in [1.807, 2.05) is 0 Å². The van der Waals surface area contributed by atoms with Gasteiger partial charge in [-0.15, -0.1) is 6.58 Å². The zero-order valence-corrected chi connectivity index (χ0v) is 13.8. The van der Waals surface area contributed by atoms with Crippen LogP contribution in [0.5, 0.6) is 0 Å². The molecule has 2 aliphatic rings. The van der Waals surface area contributed by atoms with Crippen molar-refractivity contribution in [1.82, 2.24) is 4.90 Å². The lowest BCUT2D eigenvalue weighted by Gasteiger charge is -2.45. The van der Waals surface area contributed by atoms with Gasteiger partial charge in [0.25, 0.3) is 0 Å². The highest BCUT2D eigenvalue weighted by Crippen LogP contribution is 2.48. The molecule has 2 fully saturated rings. The van der Waals surface area contributed by atoms with Crippen molar-refractivity contribution in [1.29, 1.82) is 0 Å². The molecule has 2 aliphatic heterocycles. The van der Waals surface area contributed by atoms with E-state index in [0.29, 0.717) is 13.0 Å². The Hall–Kier alpha value is -2.01. The second-order valence-electron chi connectivity index (χ2n) is 6.63. The molecule has 0 radical (unpaired) electrons. The number of piperidine rings is 1. The molecule has 2 heterocycles. The first-order valence-electron chi connectivity index (χ1n) is 8.25. The number of halogens is 1. The number of carbonyl (C=O) groups is 2. The molecule has 3 atom stereocenters. The number of fused-ring (bicyclic) bond motifs is 2. The van der Waals surface area contributed by atoms with Crippen LogP contribution in [0.25, 0.3) is 0 Å². The van der Waals surface area contributed by atoms with Crippen molar-refractivity contribution in [2.24, 2.45) is 5.41 Å². The van der Waals surface area contributed by atoms with E-state index in [1.165, 1.54) is 19.2 Å². The minimum Gasteiger partial charge on any atom is -0.468 e. The summed E-state index contributed by atoms with van der Waals surface area (Å²) in [4.78, 5) is 27.6. The van der Waals surface area contributed by atoms with Crippen molar-refractivity contribution >= 4 is 11.8 Å². The molecule has 0 saturated carbocycles. The van der Waals surface area contributed by atoms with E-state index in [1.54, 1.807) is 18.2 Å². The summed E-state index contributed by atoms with van der Waals surface area (Å²) < 4.78 is 18.1. The summed E-state index contributed by atoms with van der Waals surface area (Å²) in [5, 5.41) is 0. The largest absolute Gasteiger partial charge is 0.468 e. The number of allylic oxidation sites excluding steroid dienone is 1. The number of hydrogen-bond donors (Lipinski definition) is 0. The lowest BCUT2D eigenvalue weighted by Crippen LogP contribution is -2.60. The van der Waals surface area contributed by atoms with Crippen molar-refractivity contribution in [3.63, 3.8) is 0 Å². The number of nitrogens with zero attached hydrogens (tertiary/aromatic N) is 1. The van der Waals surface area contributed by atoms with E-state index in [4.69, 9.17) is 4.74 Å². The Kier molecular flexibility index (Phi) is 4.54. The Morgan fingerprint density at radius 3 is 2.75 bits per heavy atom. The molecule has 128 valence electrons. The molecule has 0 N–H and O–H groups in total. The fourth-order valence-corrected chi connectivity index (χ4v) is 4.30. The summed E-state index contributed by atoms with van der Waals surface area (Å²) in [5.41, 5.74) is -0.191. The number of Topliss-reactive ketones (excluding diaryl/α,β-unsaturated/α-hetero) is 1. The van der Waals surface area contributed by atoms with Crippen LogP contribution in [0.15, 0.2) is 36.9 Å². The third-order valence-corrected chi connectivity index (χ3v) is 5.42. The van der Waals surface area contributed by atoms with Crippen LogP contribution in [0.2, 0.25) is 0 Å². The minimum absolute atomic E-state index is 0.0443. The Balaban J connectivity index is 1.94. The highest BCUT2D eigenvalue weighted by atomic mass is 19.1. The van der Waals surface area contributed by atoms with Crippen molar-refractivity contribution in [2.75, 3.05) is 7.11 Å². The fraction of sp³-hybridized carbons (Fsp3) is 0.474. The number of ether oxygens (including phenoxy) is 1. The number of carbonyl (C=O) groups excluding carboxylic acids is 2. The highest BCUT2D eigenvalue weighted by molar-refractivity contribution is 6.06. The molecule has 3 unspecified atom stereocenters. The van der Waals surface area contributed by atoms with Gasteiger partial charge >= 0.3 is 5.97 Å². The maximum atomic E-state index is 13.1. The van der Waals surface area contributed by atoms with Crippen LogP contribution in [-0.4, -0.2) is 35.8 Å². The number of rotatable bonds is 5. The first-order chi connectivity index (χ1) is 11.5. The molecule has 2 saturated heterocycles. The smallest absolute Gasteiger partial charge is 0.321 e. The first-order valence-corrected chi connectivity index (χ1v) is 8.25. The molecule has 3 rings (SSSR count). The molecule has 0 aliphatic carbocycles. The van der Waals surface area contributed by atoms with E-state index in [-0.39, 0.29) is 30.1 Å². The summed E-state index contributed by atoms with van der Waals surface area (Å²) in [6.07, 6.45) is 3.92. The molecular weight excluding hydrogens is 309 g/mol. The van der Waals surface area contributed by atoms with Crippen LogP contribution in [0.1, 0.15) is 31.2 Å². The minimum atomic E-state index is -1.16. The van der Waals surface area contributed by atoms with Gasteiger partial charge in [-0.3, -0.25) is 14.5 Å². The number of esters is 1. The molecule has 5 heteroatoms. The molecule has 4 nitrogen and oxygen atoms in total. The van der Waals surface area contributed by atoms with Gasteiger partial charge in [0.05, 0.1) is 7.11 Å². The van der Waals surface area contributed by atoms with Gasteiger partial charge in [-0.1, -0.05) is 18.2 Å². The number of methoxy groups -OCH3 is 1. The monoisotopic (exact) mass is 331 g/mol. The van der Waals surface area contributed by atoms with Crippen LogP contribution < -0.4 is 0 Å². The number of benzene rings is 1. The van der Waals surface area contributed by atoms with Crippen molar-refractivity contribution in [3.05, 3.63) is 48.3 Å². The fourth-order valence-electron chi connectivity index (χ4n) is 4.30. The summed E-state index contributed by atoms with van der Waals surface area (Å²) in [6, 6.07) is 6.30. The summed E-state index contributed by atoms with van der Waals surface area (Å²) in [7, 11) is 1.33. The SMILES string of the molecule is C=CCC1(C(=O)OC)C(=O)CC2CCC1N2Cc1ccc(F)cc1. The third kappa shape index (κ3) is 2.57. The molecule has 2 bridgehead atoms. The zero-order valence-electron chi connectivity index (χ0n) is 13.8. The van der Waals surface area contributed by atoms with Crippen LogP contribution in [0, 0.1) is 11.2 Å². The van der Waals surface area contributed by atoms with E-state index < -0.39 is 11.4 Å². The molecule has 0 aromatic heterocycles. The van der Waals surface area contributed by atoms with Gasteiger partial charge in [-0.05, 0) is 37.0 Å².